The number of benzene rings is 2. The van der Waals surface area contributed by atoms with Crippen LogP contribution < -0.4 is 10.0 Å². The van der Waals surface area contributed by atoms with Crippen LogP contribution in [0.2, 0.25) is 0 Å². The highest BCUT2D eigenvalue weighted by Crippen LogP contribution is 2.19. The molecule has 3 N–H and O–H groups in total. The van der Waals surface area contributed by atoms with E-state index >= 15 is 0 Å². The summed E-state index contributed by atoms with van der Waals surface area (Å²) in [5.41, 5.74) is 1.12. The Labute approximate surface area is 154 Å². The molecule has 0 bridgehead atoms. The normalized spacial score (nSPS) is 11.3. The molecule has 2 rings (SSSR count). The minimum Gasteiger partial charge on any atom is -0.508 e. The van der Waals surface area contributed by atoms with Gasteiger partial charge in [-0.05, 0) is 42.7 Å². The van der Waals surface area contributed by atoms with E-state index in [-0.39, 0.29) is 23.0 Å². The topological polar surface area (TPSA) is 95.5 Å². The number of anilines is 1. The minimum atomic E-state index is -3.59. The third-order valence-electron chi connectivity index (χ3n) is 3.86. The highest BCUT2D eigenvalue weighted by atomic mass is 32.2. The lowest BCUT2D eigenvalue weighted by atomic mass is 10.1. The summed E-state index contributed by atoms with van der Waals surface area (Å²) in [5, 5.41) is 12.4. The Hall–Kier alpha value is -2.38. The summed E-state index contributed by atoms with van der Waals surface area (Å²) < 4.78 is 27.0. The number of unbranched alkanes of at least 4 members (excludes halogenated alkanes) is 1. The molecule has 0 aliphatic heterocycles. The van der Waals surface area contributed by atoms with Crippen molar-refractivity contribution in [3.05, 3.63) is 54.1 Å². The van der Waals surface area contributed by atoms with Gasteiger partial charge in [0.25, 0.3) is 0 Å². The number of amides is 1. The molecule has 0 saturated heterocycles. The highest BCUT2D eigenvalue weighted by Gasteiger charge is 2.14. The molecule has 6 nitrogen and oxygen atoms in total. The Kier molecular flexibility index (Phi) is 7.17. The zero-order chi connectivity index (χ0) is 19.0. The fourth-order valence-electron chi connectivity index (χ4n) is 2.40. The predicted molar refractivity (Wildman–Crippen MR) is 102 cm³/mol. The highest BCUT2D eigenvalue weighted by molar-refractivity contribution is 7.89. The first-order valence-electron chi connectivity index (χ1n) is 8.59. The van der Waals surface area contributed by atoms with Gasteiger partial charge in [-0.1, -0.05) is 37.6 Å². The molecule has 1 amide bonds. The molecular weight excluding hydrogens is 352 g/mol. The third kappa shape index (κ3) is 5.86. The maximum atomic E-state index is 12.2. The molecule has 0 spiro atoms. The van der Waals surface area contributed by atoms with Gasteiger partial charge in [-0.25, -0.2) is 13.1 Å². The summed E-state index contributed by atoms with van der Waals surface area (Å²) in [4.78, 5) is 12.2. The molecule has 0 fully saturated rings. The lowest BCUT2D eigenvalue weighted by Crippen LogP contribution is -2.24. The molecule has 0 radical (unpaired) electrons. The predicted octanol–water partition coefficient (Wildman–Crippen LogP) is 3.04. The number of hydrogen-bond donors (Lipinski definition) is 3. The van der Waals surface area contributed by atoms with E-state index in [2.05, 4.69) is 10.0 Å². The smallest absolute Gasteiger partial charge is 0.240 e. The van der Waals surface area contributed by atoms with Crippen molar-refractivity contribution in [2.45, 2.75) is 37.5 Å². The van der Waals surface area contributed by atoms with Crippen LogP contribution >= 0.6 is 0 Å². The lowest BCUT2D eigenvalue weighted by Gasteiger charge is -2.09. The Balaban J connectivity index is 1.97. The Bertz CT molecular complexity index is 850. The third-order valence-corrected chi connectivity index (χ3v) is 5.32. The molecule has 2 aromatic rings. The molecular formula is C19H24N2O4S. The standard InChI is InChI=1S/C19H24N2O4S/c1-2-3-13-20-26(24,25)17-9-6-8-16(14-17)21-19(23)12-11-15-7-4-5-10-18(15)22/h4-10,14,20,22H,2-3,11-13H2,1H3,(H,21,23). The molecule has 7 heteroatoms. The van der Waals surface area contributed by atoms with Gasteiger partial charge in [0.2, 0.25) is 15.9 Å². The van der Waals surface area contributed by atoms with E-state index in [4.69, 9.17) is 0 Å². The summed E-state index contributed by atoms with van der Waals surface area (Å²) in [6, 6.07) is 13.0. The fourth-order valence-corrected chi connectivity index (χ4v) is 3.52. The van der Waals surface area contributed by atoms with Crippen LogP contribution in [0.5, 0.6) is 5.75 Å². The monoisotopic (exact) mass is 376 g/mol. The van der Waals surface area contributed by atoms with E-state index in [1.54, 1.807) is 36.4 Å². The number of sulfonamides is 1. The van der Waals surface area contributed by atoms with Crippen molar-refractivity contribution in [2.24, 2.45) is 0 Å². The first kappa shape index (κ1) is 19.9. The fraction of sp³-hybridized carbons (Fsp3) is 0.316. The average molecular weight is 376 g/mol. The van der Waals surface area contributed by atoms with Crippen LogP contribution in [0.4, 0.5) is 5.69 Å². The van der Waals surface area contributed by atoms with Crippen molar-refractivity contribution >= 4 is 21.6 Å². The zero-order valence-corrected chi connectivity index (χ0v) is 15.6. The van der Waals surface area contributed by atoms with Gasteiger partial charge < -0.3 is 10.4 Å². The number of hydrogen-bond acceptors (Lipinski definition) is 4. The van der Waals surface area contributed by atoms with Crippen molar-refractivity contribution < 1.29 is 18.3 Å². The van der Waals surface area contributed by atoms with Gasteiger partial charge in [0, 0.05) is 18.7 Å². The molecule has 140 valence electrons. The van der Waals surface area contributed by atoms with Gasteiger partial charge >= 0.3 is 0 Å². The van der Waals surface area contributed by atoms with E-state index in [0.29, 0.717) is 24.2 Å². The number of phenols is 1. The minimum absolute atomic E-state index is 0.118. The van der Waals surface area contributed by atoms with Crippen LogP contribution in [0.1, 0.15) is 31.7 Å². The van der Waals surface area contributed by atoms with Crippen LogP contribution in [0, 0.1) is 0 Å². The van der Waals surface area contributed by atoms with E-state index in [0.717, 1.165) is 12.8 Å². The van der Waals surface area contributed by atoms with Gasteiger partial charge in [0.1, 0.15) is 5.75 Å². The molecule has 0 heterocycles. The number of carbonyl (C=O) groups is 1. The molecule has 0 aliphatic carbocycles. The first-order chi connectivity index (χ1) is 12.4. The number of aromatic hydroxyl groups is 1. The summed E-state index contributed by atoms with van der Waals surface area (Å²) in [5.74, 6) is -0.0895. The van der Waals surface area contributed by atoms with Crippen LogP contribution in [0.3, 0.4) is 0 Å². The van der Waals surface area contributed by atoms with Gasteiger partial charge in [-0.2, -0.15) is 0 Å². The van der Waals surface area contributed by atoms with Gasteiger partial charge in [-0.3, -0.25) is 4.79 Å². The van der Waals surface area contributed by atoms with Crippen LogP contribution in [0.25, 0.3) is 0 Å². The summed E-state index contributed by atoms with van der Waals surface area (Å²) in [7, 11) is -3.59. The molecule has 0 aromatic heterocycles. The average Bonchev–Trinajstić information content (AvgIpc) is 2.61. The summed E-state index contributed by atoms with van der Waals surface area (Å²) >= 11 is 0. The Morgan fingerprint density at radius 1 is 1.12 bits per heavy atom. The van der Waals surface area contributed by atoms with Crippen molar-refractivity contribution in [3.63, 3.8) is 0 Å². The van der Waals surface area contributed by atoms with Gasteiger partial charge in [0.05, 0.1) is 4.90 Å². The molecule has 0 atom stereocenters. The molecule has 26 heavy (non-hydrogen) atoms. The van der Waals surface area contributed by atoms with Crippen LogP contribution in [0.15, 0.2) is 53.4 Å². The maximum absolute atomic E-state index is 12.2. The van der Waals surface area contributed by atoms with Crippen molar-refractivity contribution in [1.82, 2.24) is 4.72 Å². The second-order valence-electron chi connectivity index (χ2n) is 5.96. The second-order valence-corrected chi connectivity index (χ2v) is 7.72. The molecule has 0 aliphatic rings. The Morgan fingerprint density at radius 2 is 1.88 bits per heavy atom. The van der Waals surface area contributed by atoms with Crippen LogP contribution in [-0.2, 0) is 21.2 Å². The summed E-state index contributed by atoms with van der Waals surface area (Å²) in [6.07, 6.45) is 2.25. The Morgan fingerprint density at radius 3 is 2.62 bits per heavy atom. The number of aryl methyl sites for hydroxylation is 1. The van der Waals surface area contributed by atoms with E-state index in [9.17, 15) is 18.3 Å². The number of rotatable bonds is 9. The zero-order valence-electron chi connectivity index (χ0n) is 14.7. The molecule has 0 unspecified atom stereocenters. The quantitative estimate of drug-likeness (QED) is 0.586. The first-order valence-corrected chi connectivity index (χ1v) is 10.1. The van der Waals surface area contributed by atoms with Crippen molar-refractivity contribution in [1.29, 1.82) is 0 Å². The number of nitrogens with one attached hydrogen (secondary N) is 2. The SMILES string of the molecule is CCCCNS(=O)(=O)c1cccc(NC(=O)CCc2ccccc2O)c1. The number of para-hydroxylation sites is 1. The lowest BCUT2D eigenvalue weighted by molar-refractivity contribution is -0.116. The number of phenolic OH excluding ortho intramolecular Hbond substituents is 1. The van der Waals surface area contributed by atoms with Gasteiger partial charge in [-0.15, -0.1) is 0 Å². The van der Waals surface area contributed by atoms with Crippen molar-refractivity contribution in [2.75, 3.05) is 11.9 Å². The van der Waals surface area contributed by atoms with Crippen molar-refractivity contribution in [3.8, 4) is 5.75 Å². The molecule has 2 aromatic carbocycles. The van der Waals surface area contributed by atoms with E-state index in [1.165, 1.54) is 12.1 Å². The molecule has 0 saturated carbocycles. The van der Waals surface area contributed by atoms with E-state index in [1.807, 2.05) is 6.92 Å². The van der Waals surface area contributed by atoms with Gasteiger partial charge in [0.15, 0.2) is 0 Å². The second kappa shape index (κ2) is 9.35. The summed E-state index contributed by atoms with van der Waals surface area (Å²) in [6.45, 7) is 2.37. The van der Waals surface area contributed by atoms with Crippen LogP contribution in [-0.4, -0.2) is 26.0 Å². The van der Waals surface area contributed by atoms with E-state index < -0.39 is 10.0 Å². The number of carbonyl (C=O) groups excluding carboxylic acids is 1. The maximum Gasteiger partial charge on any atom is 0.240 e. The largest absolute Gasteiger partial charge is 0.508 e.